The second-order valence-electron chi connectivity index (χ2n) is 34.7. The molecule has 40 heteroatoms. The Balaban J connectivity index is 0.000000498. The summed E-state index contributed by atoms with van der Waals surface area (Å²) in [5.74, 6) is 2.66. The third-order valence-electron chi connectivity index (χ3n) is 22.0. The zero-order valence-electron chi connectivity index (χ0n) is 68.3. The Morgan fingerprint density at radius 2 is 0.769 bits per heavy atom. The fourth-order valence-corrected chi connectivity index (χ4v) is 15.7. The number of carboxylic acid groups (broad SMARTS) is 1. The van der Waals surface area contributed by atoms with Gasteiger partial charge in [-0.15, -0.1) is 23.2 Å². The zero-order chi connectivity index (χ0) is 87.0. The van der Waals surface area contributed by atoms with Crippen LogP contribution in [0.15, 0.2) is 9.98 Å². The molecule has 6 amide bonds. The van der Waals surface area contributed by atoms with Gasteiger partial charge in [0, 0.05) is 95.5 Å². The number of rotatable bonds is 9. The van der Waals surface area contributed by atoms with E-state index in [1.807, 2.05) is 20.8 Å². The molecule has 0 aromatic carbocycles. The van der Waals surface area contributed by atoms with E-state index >= 15 is 0 Å². The van der Waals surface area contributed by atoms with E-state index < -0.39 is 119 Å². The molecule has 2 spiro atoms. The zero-order valence-corrected chi connectivity index (χ0v) is 71.8. The van der Waals surface area contributed by atoms with Crippen LogP contribution >= 0.6 is 23.2 Å². The number of nitrogens with zero attached hydrogens (tertiary/aromatic N) is 7. The van der Waals surface area contributed by atoms with Crippen LogP contribution in [0.1, 0.15) is 250 Å². The van der Waals surface area contributed by atoms with Gasteiger partial charge in [0.05, 0.1) is 23.4 Å². The molecule has 0 aromatic heterocycles. The van der Waals surface area contributed by atoms with Gasteiger partial charge in [0.25, 0.3) is 11.8 Å². The van der Waals surface area contributed by atoms with E-state index in [0.717, 1.165) is 18.9 Å². The van der Waals surface area contributed by atoms with E-state index in [1.54, 1.807) is 51.3 Å². The Kier molecular flexibility index (Phi) is 43.0. The Labute approximate surface area is 711 Å². The van der Waals surface area contributed by atoms with Gasteiger partial charge in [-0.2, -0.15) is 63.2 Å². The number of halogens is 14. The first-order valence-corrected chi connectivity index (χ1v) is 40.4. The molecule has 8 fully saturated rings. The number of alkyl halides is 14. The first-order chi connectivity index (χ1) is 53.1. The van der Waals surface area contributed by atoms with Crippen molar-refractivity contribution in [1.82, 2.24) is 36.0 Å². The van der Waals surface area contributed by atoms with Crippen molar-refractivity contribution in [2.45, 2.75) is 313 Å². The summed E-state index contributed by atoms with van der Waals surface area (Å²) >= 11 is 9.53. The number of carbonyl (C=O) groups excluding carboxylic acids is 6. The summed E-state index contributed by atoms with van der Waals surface area (Å²) in [5.41, 5.74) is 0.816. The molecule has 0 aromatic rings. The number of piperidine rings is 4. The van der Waals surface area contributed by atoms with Crippen molar-refractivity contribution in [3.63, 3.8) is 0 Å². The summed E-state index contributed by atoms with van der Waals surface area (Å²) in [7, 11) is 0. The molecule has 666 valence electrons. The molecular weight excluding hydrogens is 1620 g/mol. The number of nitriles is 2. The summed E-state index contributed by atoms with van der Waals surface area (Å²) in [6.07, 6.45) is -9.01. The van der Waals surface area contributed by atoms with Gasteiger partial charge in [-0.3, -0.25) is 29.2 Å². The minimum Gasteiger partial charge on any atom is -0.553 e. The van der Waals surface area contributed by atoms with Crippen LogP contribution in [0, 0.1) is 70.0 Å². The van der Waals surface area contributed by atoms with Crippen molar-refractivity contribution in [3.05, 3.63) is 5.90 Å². The Hall–Kier alpha value is -5.41. The molecule has 0 radical (unpaired) electrons. The number of amides is 6. The molecule has 10 rings (SSSR count). The van der Waals surface area contributed by atoms with Crippen molar-refractivity contribution in [1.29, 1.82) is 10.5 Å². The molecule has 0 atom stereocenters. The normalized spacial score (nSPS) is 25.5. The maximum atomic E-state index is 12.7. The average Bonchev–Trinajstić information content (AvgIpc) is 1.63. The summed E-state index contributed by atoms with van der Waals surface area (Å²) in [6.45, 7) is 20.1. The van der Waals surface area contributed by atoms with Gasteiger partial charge in [-0.1, -0.05) is 7.43 Å². The van der Waals surface area contributed by atoms with Crippen LogP contribution in [-0.2, 0) is 33.4 Å². The Morgan fingerprint density at radius 1 is 0.496 bits per heavy atom. The first-order valence-electron chi connectivity index (χ1n) is 39.4. The molecule has 6 heterocycles. The predicted molar refractivity (Wildman–Crippen MR) is 410 cm³/mol. The van der Waals surface area contributed by atoms with Gasteiger partial charge in [0.15, 0.2) is 0 Å². The van der Waals surface area contributed by atoms with Crippen LogP contribution in [0.2, 0.25) is 0 Å². The fraction of sp³-hybridized carbons (Fsp3) is 0.857. The van der Waals surface area contributed by atoms with Gasteiger partial charge >= 0.3 is 78.5 Å². The number of nitrogens with two attached hydrogens (primary N) is 1. The monoisotopic (exact) mass is 1740 g/mol. The Bertz CT molecular complexity index is 3280. The third-order valence-corrected chi connectivity index (χ3v) is 22.0. The van der Waals surface area contributed by atoms with E-state index in [2.05, 4.69) is 38.4 Å². The number of amidine groups is 2. The molecule has 0 unspecified atom stereocenters. The van der Waals surface area contributed by atoms with Gasteiger partial charge in [0.2, 0.25) is 5.91 Å². The third kappa shape index (κ3) is 38.3. The van der Waals surface area contributed by atoms with Crippen molar-refractivity contribution in [3.8, 4) is 12.1 Å². The summed E-state index contributed by atoms with van der Waals surface area (Å²) in [4.78, 5) is 98.3. The molecule has 25 nitrogen and oxygen atoms in total. The van der Waals surface area contributed by atoms with Gasteiger partial charge < -0.3 is 72.1 Å². The minimum absolute atomic E-state index is 0. The van der Waals surface area contributed by atoms with Crippen LogP contribution in [0.25, 0.3) is 5.90 Å². The standard InChI is InChI=1S/2C20H30F3N3O3.C15H22F3N3O.C11H19N3O2.C9H13F3O2.CH2Cl2.CH4.H2NO.Na/c1-18(2,3)29-17(28)26-10-8-19(9-11-26)16(27)24-15(25-19)14-6-4-13(5-7-14)12-20(21,22)23;1-18(2,3)29-17(28)26-10-8-19(13-24,9-11-26)25-16(27)15-6-4-14(5-7-15)12-20(21,22)23;16-15(17,18)9-10-1-3-11(4-2-10)12-20-13(22)14(21-12)5-7-19-8-6-14;1-10(2,3)16-9(15)14-6-4-11(13,8-12)5-7-14;10-9(11,12)5-6-1-3-7(4-2-6)8(13)14;2-1-3;;1-2;/h13-14H,4-12H2,1-3H3,(H,24,25,27);14-15H,4-12H2,1-3H3,(H,25,27);10-11,19H,1-9H2,(H,20,21,22);4-7,13H2,1-3H3;6-7H,1-5H2,(H,13,14);1H2;1H4;1-2H;/q;;;;;;;-1;+1. The van der Waals surface area contributed by atoms with E-state index in [4.69, 9.17) is 69.6 Å². The SMILES string of the molecule is C.CC(C)(C)OC(=O)N1CCC(C#N)(NC(=O)C2CCC(CC(F)(F)F)CC2)CC1.CC(C)(C)OC(=O)N1CCC(N)(C#N)CC1.CC(C)(C)OC(=O)N1CCC2(CC1)N=C(C1CCC(CC(F)(F)F)CC1)NC2=O.ClCCl.O=C(O)C1CCC(CC(F)(F)F)CC1.O=C1NC(C2CCC(CC(F)(F)F)CC2)=NC12CCNCC2.[NH-]O.[Na+]. The van der Waals surface area contributed by atoms with E-state index in [1.165, 1.54) is 4.90 Å². The number of hydrogen-bond acceptors (Lipinski definition) is 17. The predicted octanol–water partition coefficient (Wildman–Crippen LogP) is 14.2. The molecule has 10 aliphatic rings. The van der Waals surface area contributed by atoms with Crippen molar-refractivity contribution < 1.29 is 140 Å². The summed E-state index contributed by atoms with van der Waals surface area (Å²) in [6, 6.07) is 4.26. The second-order valence-corrected chi connectivity index (χ2v) is 35.5. The number of hydrogen-bond donors (Lipinski definition) is 7. The number of aliphatic imine (C=N–C) groups is 2. The number of carboxylic acids is 1. The molecule has 117 heavy (non-hydrogen) atoms. The number of nitrogens with one attached hydrogen (secondary N) is 5. The number of carbonyl (C=O) groups is 7. The summed E-state index contributed by atoms with van der Waals surface area (Å²) < 4.78 is 165. The minimum atomic E-state index is -4.17. The van der Waals surface area contributed by atoms with Crippen molar-refractivity contribution in [2.24, 2.45) is 63.1 Å². The second kappa shape index (κ2) is 46.7. The van der Waals surface area contributed by atoms with E-state index in [-0.39, 0.29) is 114 Å². The largest absolute Gasteiger partial charge is 1.00 e. The molecule has 6 aliphatic heterocycles. The number of aliphatic carboxylic acids is 1. The molecule has 4 aliphatic carbocycles. The van der Waals surface area contributed by atoms with Crippen LogP contribution in [-0.4, -0.2) is 200 Å². The maximum absolute atomic E-state index is 12.7. The van der Waals surface area contributed by atoms with Gasteiger partial charge in [-0.25, -0.2) is 14.4 Å². The van der Waals surface area contributed by atoms with Crippen LogP contribution < -0.4 is 56.6 Å². The Morgan fingerprint density at radius 3 is 1.04 bits per heavy atom. The van der Waals surface area contributed by atoms with Crippen LogP contribution in [0.5, 0.6) is 0 Å². The van der Waals surface area contributed by atoms with Gasteiger partial charge in [0.1, 0.15) is 50.6 Å². The quantitative estimate of drug-likeness (QED) is 0.0371. The molecule has 4 saturated heterocycles. The van der Waals surface area contributed by atoms with Crippen molar-refractivity contribution in [2.75, 3.05) is 57.7 Å². The smallest absolute Gasteiger partial charge is 0.553 e. The number of likely N-dealkylation sites (tertiary alicyclic amines) is 3. The average molecular weight is 1740 g/mol. The molecule has 4 saturated carbocycles. The number of ether oxygens (including phenoxy) is 3. The van der Waals surface area contributed by atoms with E-state index in [0.29, 0.717) is 186 Å². The maximum Gasteiger partial charge on any atom is 1.00 e. The van der Waals surface area contributed by atoms with Crippen molar-refractivity contribution >= 4 is 76.8 Å². The molecule has 0 bridgehead atoms. The van der Waals surface area contributed by atoms with E-state index in [9.17, 15) is 91.5 Å². The molecule has 9 N–H and O–H groups in total. The van der Waals surface area contributed by atoms with Crippen LogP contribution in [0.4, 0.5) is 67.1 Å². The molecular formula is C77H122Cl2F12N13NaO12. The van der Waals surface area contributed by atoms with Crippen LogP contribution in [0.3, 0.4) is 0 Å². The topological polar surface area (TPSA) is 368 Å². The van der Waals surface area contributed by atoms with Gasteiger partial charge in [-0.05, 0) is 240 Å². The fourth-order valence-electron chi connectivity index (χ4n) is 15.7. The first kappa shape index (κ1) is 108. The summed E-state index contributed by atoms with van der Waals surface area (Å²) in [5, 5.41) is 45.4.